The van der Waals surface area contributed by atoms with E-state index in [-0.39, 0.29) is 44.6 Å². The van der Waals surface area contributed by atoms with Crippen LogP contribution in [0.15, 0.2) is 116 Å². The summed E-state index contributed by atoms with van der Waals surface area (Å²) in [5, 5.41) is 79.9. The van der Waals surface area contributed by atoms with Crippen molar-refractivity contribution >= 4 is 11.1 Å². The highest BCUT2D eigenvalue weighted by atomic mass is 14.5. The number of nitriles is 8. The summed E-state index contributed by atoms with van der Waals surface area (Å²) >= 11 is 0. The zero-order chi connectivity index (χ0) is 28.8. The fourth-order valence-electron chi connectivity index (χ4n) is 4.83. The monoisotopic (exact) mass is 506 g/mol. The number of allylic oxidation sites excluding steroid dienone is 12. The second kappa shape index (κ2) is 10.8. The van der Waals surface area contributed by atoms with Crippen LogP contribution in [0.2, 0.25) is 0 Å². The van der Waals surface area contributed by atoms with Crippen molar-refractivity contribution in [2.75, 3.05) is 0 Å². The average Bonchev–Trinajstić information content (AvgIpc) is 3.50. The number of rotatable bonds is 2. The van der Waals surface area contributed by atoms with E-state index in [0.717, 1.165) is 0 Å². The van der Waals surface area contributed by atoms with Crippen LogP contribution in [0.4, 0.5) is 0 Å². The summed E-state index contributed by atoms with van der Waals surface area (Å²) < 4.78 is 0. The Morgan fingerprint density at radius 1 is 0.325 bits per heavy atom. The minimum atomic E-state index is -0.434. The quantitative estimate of drug-likeness (QED) is 0.490. The summed E-state index contributed by atoms with van der Waals surface area (Å²) in [6.45, 7) is 0. The van der Waals surface area contributed by atoms with E-state index < -0.39 is 22.3 Å². The lowest BCUT2D eigenvalue weighted by atomic mass is 9.85. The first-order valence-corrected chi connectivity index (χ1v) is 11.4. The molecule has 40 heavy (non-hydrogen) atoms. The van der Waals surface area contributed by atoms with Crippen LogP contribution in [-0.4, -0.2) is 0 Å². The molecule has 0 amide bonds. The molecule has 2 aromatic carbocycles. The molecule has 4 rings (SSSR count). The molecule has 2 aliphatic rings. The van der Waals surface area contributed by atoms with Crippen LogP contribution in [-0.2, 0) is 0 Å². The van der Waals surface area contributed by atoms with E-state index in [2.05, 4.69) is 0 Å². The van der Waals surface area contributed by atoms with E-state index >= 15 is 0 Å². The maximum Gasteiger partial charge on any atom is 0.138 e. The van der Waals surface area contributed by atoms with E-state index in [1.165, 1.54) is 0 Å². The number of fused-ring (bicyclic) bond motifs is 1. The van der Waals surface area contributed by atoms with Crippen molar-refractivity contribution in [3.8, 4) is 48.6 Å². The number of nitrogens with zero attached hydrogens (tertiary/aromatic N) is 8. The van der Waals surface area contributed by atoms with Crippen LogP contribution in [0.5, 0.6) is 0 Å². The van der Waals surface area contributed by atoms with Gasteiger partial charge in [0, 0.05) is 44.6 Å². The van der Waals surface area contributed by atoms with Crippen molar-refractivity contribution in [1.29, 1.82) is 42.1 Å². The molecule has 0 unspecified atom stereocenters. The molecule has 0 aromatic heterocycles. The van der Waals surface area contributed by atoms with Crippen molar-refractivity contribution in [2.45, 2.75) is 0 Å². The van der Waals surface area contributed by atoms with E-state index in [4.69, 9.17) is 0 Å². The van der Waals surface area contributed by atoms with Gasteiger partial charge in [-0.25, -0.2) is 0 Å². The third-order valence-corrected chi connectivity index (χ3v) is 6.27. The normalized spacial score (nSPS) is 12.9. The van der Waals surface area contributed by atoms with Crippen LogP contribution in [0.1, 0.15) is 11.1 Å². The van der Waals surface area contributed by atoms with Gasteiger partial charge in [-0.3, -0.25) is 0 Å². The third kappa shape index (κ3) is 3.80. The summed E-state index contributed by atoms with van der Waals surface area (Å²) in [6.07, 6.45) is 0. The Balaban J connectivity index is 2.53. The summed E-state index contributed by atoms with van der Waals surface area (Å²) in [7, 11) is 0. The molecule has 0 heterocycles. The van der Waals surface area contributed by atoms with Crippen molar-refractivity contribution in [2.24, 2.45) is 0 Å². The highest BCUT2D eigenvalue weighted by Gasteiger charge is 2.46. The van der Waals surface area contributed by atoms with Crippen LogP contribution < -0.4 is 0 Å². The minimum absolute atomic E-state index is 0.0185. The molecule has 0 aliphatic heterocycles. The Hall–Kier alpha value is -7.20. The second-order valence-electron chi connectivity index (χ2n) is 8.13. The molecule has 0 N–H and O–H groups in total. The molecule has 178 valence electrons. The zero-order valence-electron chi connectivity index (χ0n) is 20.4. The summed E-state index contributed by atoms with van der Waals surface area (Å²) in [4.78, 5) is 0. The van der Waals surface area contributed by atoms with Crippen molar-refractivity contribution in [3.63, 3.8) is 0 Å². The Kier molecular flexibility index (Phi) is 7.00. The highest BCUT2D eigenvalue weighted by molar-refractivity contribution is 6.14. The first kappa shape index (κ1) is 25.9. The summed E-state index contributed by atoms with van der Waals surface area (Å²) in [6, 6.07) is 31.7. The molecule has 0 saturated heterocycles. The van der Waals surface area contributed by atoms with Gasteiger partial charge in [0.15, 0.2) is 0 Å². The SMILES string of the molecule is N#CC(C#N)=C1C(=C(C#N)C#N)C(c2ccccc2)=C2C(=C(C#N)C#N)C(=C(C#N)C#N)C(c3ccccc3)=C12. The molecule has 0 atom stereocenters. The van der Waals surface area contributed by atoms with Gasteiger partial charge >= 0.3 is 0 Å². The van der Waals surface area contributed by atoms with Crippen LogP contribution in [0.25, 0.3) is 11.1 Å². The van der Waals surface area contributed by atoms with Gasteiger partial charge in [-0.15, -0.1) is 0 Å². The average molecular weight is 506 g/mol. The minimum Gasteiger partial charge on any atom is -0.192 e. The molecule has 8 nitrogen and oxygen atoms in total. The third-order valence-electron chi connectivity index (χ3n) is 6.27. The zero-order valence-corrected chi connectivity index (χ0v) is 20.4. The molecular formula is C32H10N8. The fraction of sp³-hybridized carbons (Fsp3) is 0. The standard InChI is InChI=1S/C32H10N8/c33-11-21(12-34)27-25(19-7-3-1-4-8-19)31-30(24(17-39)18-40)28(22(13-35)14-36)26(20-9-5-2-6-10-20)32(31)29(27)23(15-37)16-38/h1-10H. The summed E-state index contributed by atoms with van der Waals surface area (Å²) in [5.41, 5.74) is -0.175. The predicted molar refractivity (Wildman–Crippen MR) is 140 cm³/mol. The number of hydrogen-bond donors (Lipinski definition) is 0. The molecule has 0 radical (unpaired) electrons. The van der Waals surface area contributed by atoms with Gasteiger partial charge in [0.2, 0.25) is 0 Å². The van der Waals surface area contributed by atoms with Gasteiger partial charge in [0.05, 0.1) is 0 Å². The Labute approximate surface area is 229 Å². The first-order valence-electron chi connectivity index (χ1n) is 11.4. The van der Waals surface area contributed by atoms with E-state index in [1.54, 1.807) is 60.7 Å². The van der Waals surface area contributed by atoms with Gasteiger partial charge in [-0.05, 0) is 11.1 Å². The lowest BCUT2D eigenvalue weighted by Crippen LogP contribution is -2.01. The molecule has 8 heteroatoms. The summed E-state index contributed by atoms with van der Waals surface area (Å²) in [5.74, 6) is 0. The van der Waals surface area contributed by atoms with E-state index in [9.17, 15) is 42.1 Å². The highest BCUT2D eigenvalue weighted by Crippen LogP contribution is 2.61. The van der Waals surface area contributed by atoms with Crippen LogP contribution in [0.3, 0.4) is 0 Å². The lowest BCUT2D eigenvalue weighted by molar-refractivity contribution is 1.38. The smallest absolute Gasteiger partial charge is 0.138 e. The Morgan fingerprint density at radius 3 is 0.775 bits per heavy atom. The molecule has 2 aliphatic carbocycles. The van der Waals surface area contributed by atoms with Gasteiger partial charge in [0.1, 0.15) is 70.8 Å². The van der Waals surface area contributed by atoms with E-state index in [0.29, 0.717) is 11.1 Å². The maximum atomic E-state index is 10.0. The maximum absolute atomic E-state index is 10.0. The molecule has 0 fully saturated rings. The van der Waals surface area contributed by atoms with E-state index in [1.807, 2.05) is 48.6 Å². The Bertz CT molecular complexity index is 1830. The number of hydrogen-bond acceptors (Lipinski definition) is 8. The van der Waals surface area contributed by atoms with Crippen LogP contribution in [0, 0.1) is 90.6 Å². The number of benzene rings is 2. The first-order chi connectivity index (χ1) is 19.6. The molecular weight excluding hydrogens is 496 g/mol. The molecule has 0 spiro atoms. The topological polar surface area (TPSA) is 190 Å². The second-order valence-corrected chi connectivity index (χ2v) is 8.13. The molecule has 2 aromatic rings. The van der Waals surface area contributed by atoms with Crippen molar-refractivity contribution < 1.29 is 0 Å². The van der Waals surface area contributed by atoms with Crippen molar-refractivity contribution in [1.82, 2.24) is 0 Å². The predicted octanol–water partition coefficient (Wildman–Crippen LogP) is 5.30. The Morgan fingerprint density at radius 2 is 0.550 bits per heavy atom. The fourth-order valence-corrected chi connectivity index (χ4v) is 4.83. The van der Waals surface area contributed by atoms with Crippen LogP contribution >= 0.6 is 0 Å². The van der Waals surface area contributed by atoms with Gasteiger partial charge in [-0.2, -0.15) is 42.1 Å². The molecule has 0 saturated carbocycles. The molecule has 0 bridgehead atoms. The lowest BCUT2D eigenvalue weighted by Gasteiger charge is -2.15. The van der Waals surface area contributed by atoms with Gasteiger partial charge in [0.25, 0.3) is 0 Å². The largest absolute Gasteiger partial charge is 0.192 e. The van der Waals surface area contributed by atoms with Crippen molar-refractivity contribution in [3.05, 3.63) is 128 Å². The van der Waals surface area contributed by atoms with Gasteiger partial charge in [-0.1, -0.05) is 60.7 Å². The van der Waals surface area contributed by atoms with Gasteiger partial charge < -0.3 is 0 Å².